The molecule has 0 spiro atoms. The van der Waals surface area contributed by atoms with E-state index in [-0.39, 0.29) is 0 Å². The number of halogens is 1. The van der Waals surface area contributed by atoms with Gasteiger partial charge in [-0.1, -0.05) is 29.8 Å². The average Bonchev–Trinajstić information content (AvgIpc) is 2.58. The molecule has 2 rings (SSSR count). The third-order valence-corrected chi connectivity index (χ3v) is 3.89. The van der Waals surface area contributed by atoms with E-state index >= 15 is 0 Å². The molecule has 108 valence electrons. The van der Waals surface area contributed by atoms with Gasteiger partial charge < -0.3 is 0 Å². The third-order valence-electron chi connectivity index (χ3n) is 2.95. The van der Waals surface area contributed by atoms with Crippen LogP contribution >= 0.6 is 11.6 Å². The molecule has 1 N–H and O–H groups in total. The Bertz CT molecular complexity index is 738. The summed E-state index contributed by atoms with van der Waals surface area (Å²) in [6.45, 7) is 4.09. The number of benzene rings is 1. The van der Waals surface area contributed by atoms with E-state index in [9.17, 15) is 8.42 Å². The number of nitrogens with one attached hydrogen (secondary N) is 1. The first-order valence-corrected chi connectivity index (χ1v) is 8.30. The van der Waals surface area contributed by atoms with Crippen LogP contribution in [0.5, 0.6) is 0 Å². The second-order valence-corrected chi connectivity index (χ2v) is 6.82. The number of rotatable bonds is 4. The molecule has 0 fully saturated rings. The Morgan fingerprint density at radius 3 is 2.55 bits per heavy atom. The summed E-state index contributed by atoms with van der Waals surface area (Å²) in [5.74, 6) is 0. The molecular formula is C13H16ClN3O2S. The average molecular weight is 314 g/mol. The number of aromatic nitrogens is 2. The number of hydrogen-bond acceptors (Lipinski definition) is 3. The zero-order valence-electron chi connectivity index (χ0n) is 11.5. The van der Waals surface area contributed by atoms with E-state index in [0.29, 0.717) is 22.9 Å². The number of nitrogens with zero attached hydrogens (tertiary/aromatic N) is 2. The van der Waals surface area contributed by atoms with Crippen molar-refractivity contribution in [2.24, 2.45) is 0 Å². The predicted molar refractivity (Wildman–Crippen MR) is 80.7 cm³/mol. The van der Waals surface area contributed by atoms with Gasteiger partial charge in [-0.25, -0.2) is 8.42 Å². The molecule has 0 amide bonds. The molecule has 1 aromatic heterocycles. The Balaban J connectivity index is 2.36. The minimum atomic E-state index is -3.32. The van der Waals surface area contributed by atoms with Crippen molar-refractivity contribution < 1.29 is 8.42 Å². The van der Waals surface area contributed by atoms with Gasteiger partial charge in [0.25, 0.3) is 0 Å². The van der Waals surface area contributed by atoms with E-state index in [1.54, 1.807) is 11.6 Å². The van der Waals surface area contributed by atoms with Gasteiger partial charge in [-0.2, -0.15) is 5.10 Å². The Kier molecular flexibility index (Phi) is 4.06. The molecule has 1 heterocycles. The monoisotopic (exact) mass is 313 g/mol. The molecule has 0 saturated heterocycles. The molecule has 0 aliphatic heterocycles. The van der Waals surface area contributed by atoms with E-state index in [1.165, 1.54) is 0 Å². The van der Waals surface area contributed by atoms with Gasteiger partial charge >= 0.3 is 0 Å². The molecule has 0 unspecified atom stereocenters. The summed E-state index contributed by atoms with van der Waals surface area (Å²) in [4.78, 5) is 0. The summed E-state index contributed by atoms with van der Waals surface area (Å²) in [6, 6.07) is 7.51. The van der Waals surface area contributed by atoms with Crippen molar-refractivity contribution in [2.45, 2.75) is 20.4 Å². The van der Waals surface area contributed by atoms with Crippen LogP contribution in [0.4, 0.5) is 5.69 Å². The lowest BCUT2D eigenvalue weighted by atomic mass is 10.2. The summed E-state index contributed by atoms with van der Waals surface area (Å²) >= 11 is 6.13. The van der Waals surface area contributed by atoms with Crippen molar-refractivity contribution in [1.82, 2.24) is 9.78 Å². The molecule has 0 aliphatic carbocycles. The fourth-order valence-electron chi connectivity index (χ4n) is 1.97. The van der Waals surface area contributed by atoms with Gasteiger partial charge in [-0.15, -0.1) is 0 Å². The zero-order valence-corrected chi connectivity index (χ0v) is 13.1. The highest BCUT2D eigenvalue weighted by Gasteiger charge is 2.15. The lowest BCUT2D eigenvalue weighted by Gasteiger charge is -2.07. The van der Waals surface area contributed by atoms with Crippen LogP contribution in [-0.2, 0) is 16.6 Å². The lowest BCUT2D eigenvalue weighted by Crippen LogP contribution is -2.11. The molecule has 0 saturated carbocycles. The van der Waals surface area contributed by atoms with Gasteiger partial charge in [-0.3, -0.25) is 9.40 Å². The topological polar surface area (TPSA) is 64.0 Å². The quantitative estimate of drug-likeness (QED) is 0.943. The largest absolute Gasteiger partial charge is 0.280 e. The van der Waals surface area contributed by atoms with Gasteiger partial charge in [-0.05, 0) is 25.5 Å². The molecule has 0 aliphatic rings. The van der Waals surface area contributed by atoms with Crippen molar-refractivity contribution in [3.8, 4) is 0 Å². The highest BCUT2D eigenvalue weighted by molar-refractivity contribution is 7.92. The van der Waals surface area contributed by atoms with E-state index in [0.717, 1.165) is 17.5 Å². The summed E-state index contributed by atoms with van der Waals surface area (Å²) in [5.41, 5.74) is 2.86. The normalized spacial score (nSPS) is 11.6. The van der Waals surface area contributed by atoms with E-state index < -0.39 is 10.0 Å². The maximum atomic E-state index is 11.4. The molecule has 1 aromatic carbocycles. The Morgan fingerprint density at radius 2 is 1.95 bits per heavy atom. The van der Waals surface area contributed by atoms with Gasteiger partial charge in [0.2, 0.25) is 10.0 Å². The standard InChI is InChI=1S/C13H16ClN3O2S/c1-9-13(16-20(3,18)19)10(2)17(15-9)8-11-6-4-5-7-12(11)14/h4-7,16H,8H2,1-3H3. The fourth-order valence-corrected chi connectivity index (χ4v) is 2.83. The smallest absolute Gasteiger partial charge is 0.229 e. The number of aryl methyl sites for hydroxylation is 1. The van der Waals surface area contributed by atoms with Crippen molar-refractivity contribution in [2.75, 3.05) is 11.0 Å². The van der Waals surface area contributed by atoms with Crippen LogP contribution in [0.15, 0.2) is 24.3 Å². The van der Waals surface area contributed by atoms with Crippen LogP contribution in [0.2, 0.25) is 5.02 Å². The molecule has 5 nitrogen and oxygen atoms in total. The fraction of sp³-hybridized carbons (Fsp3) is 0.308. The van der Waals surface area contributed by atoms with Gasteiger partial charge in [0, 0.05) is 5.02 Å². The van der Waals surface area contributed by atoms with E-state index in [4.69, 9.17) is 11.6 Å². The zero-order chi connectivity index (χ0) is 14.9. The molecule has 0 radical (unpaired) electrons. The summed E-state index contributed by atoms with van der Waals surface area (Å²) in [6.07, 6.45) is 1.12. The highest BCUT2D eigenvalue weighted by Crippen LogP contribution is 2.23. The van der Waals surface area contributed by atoms with Crippen molar-refractivity contribution >= 4 is 27.3 Å². The SMILES string of the molecule is Cc1nn(Cc2ccccc2Cl)c(C)c1NS(C)(=O)=O. The maximum Gasteiger partial charge on any atom is 0.229 e. The summed E-state index contributed by atoms with van der Waals surface area (Å²) in [5, 5.41) is 5.03. The Labute approximate surface area is 123 Å². The van der Waals surface area contributed by atoms with Crippen molar-refractivity contribution in [3.05, 3.63) is 46.2 Å². The second-order valence-electron chi connectivity index (χ2n) is 4.67. The van der Waals surface area contributed by atoms with Gasteiger partial charge in [0.15, 0.2) is 0 Å². The Morgan fingerprint density at radius 1 is 1.30 bits per heavy atom. The van der Waals surface area contributed by atoms with Crippen LogP contribution in [0, 0.1) is 13.8 Å². The van der Waals surface area contributed by atoms with Crippen LogP contribution < -0.4 is 4.72 Å². The summed E-state index contributed by atoms with van der Waals surface area (Å²) < 4.78 is 26.9. The van der Waals surface area contributed by atoms with E-state index in [1.807, 2.05) is 31.2 Å². The van der Waals surface area contributed by atoms with Crippen LogP contribution in [0.1, 0.15) is 17.0 Å². The second kappa shape index (κ2) is 5.46. The number of anilines is 1. The highest BCUT2D eigenvalue weighted by atomic mass is 35.5. The van der Waals surface area contributed by atoms with Crippen LogP contribution in [0.25, 0.3) is 0 Å². The van der Waals surface area contributed by atoms with Gasteiger partial charge in [0.1, 0.15) is 0 Å². The van der Waals surface area contributed by atoms with Crippen molar-refractivity contribution in [3.63, 3.8) is 0 Å². The van der Waals surface area contributed by atoms with Gasteiger partial charge in [0.05, 0.1) is 29.9 Å². The number of sulfonamides is 1. The molecule has 0 bridgehead atoms. The van der Waals surface area contributed by atoms with Crippen LogP contribution in [-0.4, -0.2) is 24.5 Å². The predicted octanol–water partition coefficient (Wildman–Crippen LogP) is 2.57. The van der Waals surface area contributed by atoms with Crippen LogP contribution in [0.3, 0.4) is 0 Å². The first-order valence-electron chi connectivity index (χ1n) is 6.03. The molecular weight excluding hydrogens is 298 g/mol. The lowest BCUT2D eigenvalue weighted by molar-refractivity contribution is 0.606. The Hall–Kier alpha value is -1.53. The number of hydrogen-bond donors (Lipinski definition) is 1. The first kappa shape index (κ1) is 14.9. The van der Waals surface area contributed by atoms with E-state index in [2.05, 4.69) is 9.82 Å². The first-order chi connectivity index (χ1) is 9.28. The summed E-state index contributed by atoms with van der Waals surface area (Å²) in [7, 11) is -3.32. The molecule has 7 heteroatoms. The minimum Gasteiger partial charge on any atom is -0.280 e. The molecule has 2 aromatic rings. The van der Waals surface area contributed by atoms with Crippen molar-refractivity contribution in [1.29, 1.82) is 0 Å². The molecule has 0 atom stereocenters. The maximum absolute atomic E-state index is 11.4. The molecule has 20 heavy (non-hydrogen) atoms. The third kappa shape index (κ3) is 3.32. The minimum absolute atomic E-state index is 0.498.